The Bertz CT molecular complexity index is 1490. The lowest BCUT2D eigenvalue weighted by Gasteiger charge is -2.18. The van der Waals surface area contributed by atoms with Crippen LogP contribution >= 0.6 is 0 Å². The number of carbonyl (C=O) groups excluding carboxylic acids is 1. The van der Waals surface area contributed by atoms with Crippen LogP contribution in [0.25, 0.3) is 34.2 Å². The highest BCUT2D eigenvalue weighted by atomic mass is 16.5. The van der Waals surface area contributed by atoms with Gasteiger partial charge in [-0.2, -0.15) is 0 Å². The number of esters is 1. The van der Waals surface area contributed by atoms with Crippen molar-refractivity contribution in [3.8, 4) is 39.9 Å². The summed E-state index contributed by atoms with van der Waals surface area (Å²) in [6, 6.07) is 22.4. The average molecular weight is 608 g/mol. The zero-order valence-electron chi connectivity index (χ0n) is 27.5. The summed E-state index contributed by atoms with van der Waals surface area (Å²) in [4.78, 5) is 27.3. The first-order chi connectivity index (χ1) is 21.9. The number of benzene rings is 3. The minimum atomic E-state index is -0.301. The van der Waals surface area contributed by atoms with Crippen molar-refractivity contribution in [2.75, 3.05) is 6.61 Å². The van der Waals surface area contributed by atoms with Gasteiger partial charge in [-0.25, -0.2) is 19.7 Å². The van der Waals surface area contributed by atoms with Gasteiger partial charge in [0.2, 0.25) is 0 Å². The molecule has 4 aromatic rings. The number of aryl methyl sites for hydroxylation is 1. The van der Waals surface area contributed by atoms with Crippen LogP contribution in [-0.2, 0) is 4.74 Å². The molecule has 2 unspecified atom stereocenters. The standard InChI is InChI=1S/C39H49N3O3/c1-5-7-8-9-11-16-30(17-14-15-28(3)6-2)27-45-39(44)33-23-21-32(22-24-33)37-40-36(31-18-12-10-13-19-31)41-38(42-37)34-25-20-29(4)26-35(34)43/h10,12-13,18-26,28,30,43H,5-9,11,14-17,27H2,1-4H3. The number of hydrogen-bond acceptors (Lipinski definition) is 6. The van der Waals surface area contributed by atoms with Crippen molar-refractivity contribution in [3.63, 3.8) is 0 Å². The lowest BCUT2D eigenvalue weighted by molar-refractivity contribution is 0.0421. The molecule has 2 atom stereocenters. The summed E-state index contributed by atoms with van der Waals surface area (Å²) in [6.45, 7) is 9.19. The zero-order chi connectivity index (χ0) is 32.0. The van der Waals surface area contributed by atoms with E-state index in [-0.39, 0.29) is 11.7 Å². The number of unbranched alkanes of at least 4 members (excludes halogenated alkanes) is 4. The Labute approximate surface area is 269 Å². The molecular weight excluding hydrogens is 558 g/mol. The van der Waals surface area contributed by atoms with Gasteiger partial charge in [-0.05, 0) is 61.4 Å². The molecule has 0 fully saturated rings. The highest BCUT2D eigenvalue weighted by Crippen LogP contribution is 2.31. The molecule has 45 heavy (non-hydrogen) atoms. The number of phenols is 1. The SMILES string of the molecule is CCCCCCCC(CCCC(C)CC)COC(=O)c1ccc(-c2nc(-c3ccccc3)nc(-c3ccc(C)cc3O)n2)cc1. The van der Waals surface area contributed by atoms with Crippen molar-refractivity contribution >= 4 is 5.97 Å². The minimum Gasteiger partial charge on any atom is -0.507 e. The van der Waals surface area contributed by atoms with Gasteiger partial charge in [-0.3, -0.25) is 0 Å². The predicted octanol–water partition coefficient (Wildman–Crippen LogP) is 10.2. The van der Waals surface area contributed by atoms with Crippen molar-refractivity contribution in [2.45, 2.75) is 91.9 Å². The van der Waals surface area contributed by atoms with Gasteiger partial charge < -0.3 is 9.84 Å². The number of hydrogen-bond donors (Lipinski definition) is 1. The molecule has 0 radical (unpaired) electrons. The van der Waals surface area contributed by atoms with Crippen LogP contribution in [0.1, 0.15) is 101 Å². The summed E-state index contributed by atoms with van der Waals surface area (Å²) in [5.41, 5.74) is 3.58. The first kappa shape index (κ1) is 33.8. The van der Waals surface area contributed by atoms with Crippen LogP contribution in [0.2, 0.25) is 0 Å². The Morgan fingerprint density at radius 3 is 2.07 bits per heavy atom. The summed E-state index contributed by atoms with van der Waals surface area (Å²) in [7, 11) is 0. The molecular formula is C39H49N3O3. The number of carbonyl (C=O) groups is 1. The predicted molar refractivity (Wildman–Crippen MR) is 183 cm³/mol. The highest BCUT2D eigenvalue weighted by Gasteiger charge is 2.17. The van der Waals surface area contributed by atoms with Crippen molar-refractivity contribution in [1.29, 1.82) is 0 Å². The van der Waals surface area contributed by atoms with Crippen LogP contribution in [0.4, 0.5) is 0 Å². The van der Waals surface area contributed by atoms with Crippen LogP contribution in [0.15, 0.2) is 72.8 Å². The molecule has 0 saturated heterocycles. The smallest absolute Gasteiger partial charge is 0.338 e. The van der Waals surface area contributed by atoms with E-state index in [1.165, 1.54) is 51.4 Å². The molecule has 0 aliphatic carbocycles. The van der Waals surface area contributed by atoms with E-state index in [1.807, 2.05) is 61.5 Å². The molecule has 6 nitrogen and oxygen atoms in total. The van der Waals surface area contributed by atoms with Gasteiger partial charge in [-0.1, -0.05) is 121 Å². The monoisotopic (exact) mass is 607 g/mol. The van der Waals surface area contributed by atoms with E-state index in [9.17, 15) is 9.90 Å². The largest absolute Gasteiger partial charge is 0.507 e. The topological polar surface area (TPSA) is 85.2 Å². The molecule has 1 heterocycles. The number of rotatable bonds is 17. The fraction of sp³-hybridized carbons (Fsp3) is 0.436. The lowest BCUT2D eigenvalue weighted by atomic mass is 9.93. The molecule has 0 aliphatic heterocycles. The summed E-state index contributed by atoms with van der Waals surface area (Å²) in [6.07, 6.45) is 12.1. The zero-order valence-corrected chi connectivity index (χ0v) is 27.5. The van der Waals surface area contributed by atoms with E-state index < -0.39 is 0 Å². The van der Waals surface area contributed by atoms with E-state index in [0.717, 1.165) is 35.4 Å². The molecule has 6 heteroatoms. The fourth-order valence-electron chi connectivity index (χ4n) is 5.51. The van der Waals surface area contributed by atoms with E-state index >= 15 is 0 Å². The second-order valence-corrected chi connectivity index (χ2v) is 12.4. The van der Waals surface area contributed by atoms with Gasteiger partial charge in [0.05, 0.1) is 17.7 Å². The van der Waals surface area contributed by atoms with E-state index in [4.69, 9.17) is 19.7 Å². The van der Waals surface area contributed by atoms with Crippen LogP contribution in [0.3, 0.4) is 0 Å². The first-order valence-corrected chi connectivity index (χ1v) is 16.8. The second kappa shape index (κ2) is 17.4. The number of aromatic nitrogens is 3. The van der Waals surface area contributed by atoms with E-state index in [2.05, 4.69) is 20.8 Å². The second-order valence-electron chi connectivity index (χ2n) is 12.4. The van der Waals surface area contributed by atoms with Gasteiger partial charge in [0.1, 0.15) is 5.75 Å². The molecule has 0 aliphatic rings. The van der Waals surface area contributed by atoms with Crippen LogP contribution < -0.4 is 0 Å². The maximum absolute atomic E-state index is 13.1. The Morgan fingerprint density at radius 2 is 1.40 bits per heavy atom. The quantitative estimate of drug-likeness (QED) is 0.0949. The van der Waals surface area contributed by atoms with Crippen molar-refractivity contribution in [3.05, 3.63) is 83.9 Å². The molecule has 0 bridgehead atoms. The number of aromatic hydroxyl groups is 1. The Kier molecular flexibility index (Phi) is 13.1. The van der Waals surface area contributed by atoms with Gasteiger partial charge >= 0.3 is 5.97 Å². The number of nitrogens with zero attached hydrogens (tertiary/aromatic N) is 3. The minimum absolute atomic E-state index is 0.114. The molecule has 0 amide bonds. The molecule has 0 saturated carbocycles. The third-order valence-electron chi connectivity index (χ3n) is 8.61. The summed E-state index contributed by atoms with van der Waals surface area (Å²) >= 11 is 0. The molecule has 4 rings (SSSR count). The number of phenolic OH excluding ortho intramolecular Hbond substituents is 1. The summed E-state index contributed by atoms with van der Waals surface area (Å²) < 4.78 is 5.87. The first-order valence-electron chi connectivity index (χ1n) is 16.8. The number of ether oxygens (including phenoxy) is 1. The Hall–Kier alpha value is -4.06. The van der Waals surface area contributed by atoms with Gasteiger partial charge in [0.15, 0.2) is 17.5 Å². The molecule has 0 spiro atoms. The lowest BCUT2D eigenvalue weighted by Crippen LogP contribution is -2.15. The van der Waals surface area contributed by atoms with E-state index in [0.29, 0.717) is 41.1 Å². The normalized spacial score (nSPS) is 12.5. The van der Waals surface area contributed by atoms with Crippen LogP contribution in [0.5, 0.6) is 5.75 Å². The van der Waals surface area contributed by atoms with Crippen LogP contribution in [-0.4, -0.2) is 32.6 Å². The maximum atomic E-state index is 13.1. The van der Waals surface area contributed by atoms with Crippen molar-refractivity contribution in [1.82, 2.24) is 15.0 Å². The molecule has 238 valence electrons. The molecule has 1 aromatic heterocycles. The van der Waals surface area contributed by atoms with Gasteiger partial charge in [0.25, 0.3) is 0 Å². The van der Waals surface area contributed by atoms with Crippen molar-refractivity contribution in [2.24, 2.45) is 11.8 Å². The van der Waals surface area contributed by atoms with Crippen LogP contribution in [0, 0.1) is 18.8 Å². The Morgan fingerprint density at radius 1 is 0.756 bits per heavy atom. The average Bonchev–Trinajstić information content (AvgIpc) is 3.06. The molecule has 1 N–H and O–H groups in total. The summed E-state index contributed by atoms with van der Waals surface area (Å²) in [5.74, 6) is 2.30. The molecule has 3 aromatic carbocycles. The van der Waals surface area contributed by atoms with E-state index in [1.54, 1.807) is 18.2 Å². The Balaban J connectivity index is 1.48. The summed E-state index contributed by atoms with van der Waals surface area (Å²) in [5, 5.41) is 10.7. The van der Waals surface area contributed by atoms with Crippen molar-refractivity contribution < 1.29 is 14.6 Å². The maximum Gasteiger partial charge on any atom is 0.338 e. The highest BCUT2D eigenvalue weighted by molar-refractivity contribution is 5.90. The fourth-order valence-corrected chi connectivity index (χ4v) is 5.51. The van der Waals surface area contributed by atoms with Gasteiger partial charge in [-0.15, -0.1) is 0 Å². The van der Waals surface area contributed by atoms with Gasteiger partial charge in [0, 0.05) is 11.1 Å². The third-order valence-corrected chi connectivity index (χ3v) is 8.61. The third kappa shape index (κ3) is 10.2.